The van der Waals surface area contributed by atoms with E-state index in [1.807, 2.05) is 13.8 Å². The summed E-state index contributed by atoms with van der Waals surface area (Å²) in [4.78, 5) is 23.6. The number of aromatic nitrogens is 2. The fourth-order valence-electron chi connectivity index (χ4n) is 3.39. The summed E-state index contributed by atoms with van der Waals surface area (Å²) < 4.78 is 13.1. The highest BCUT2D eigenvalue weighted by molar-refractivity contribution is 6.32. The Morgan fingerprint density at radius 3 is 2.54 bits per heavy atom. The number of carbonyl (C=O) groups excluding carboxylic acids is 1. The number of carbonyl (C=O) groups is 1. The van der Waals surface area contributed by atoms with Crippen LogP contribution < -0.4 is 10.1 Å². The summed E-state index contributed by atoms with van der Waals surface area (Å²) in [5.74, 6) is 0.590. The number of hydrogen-bond donors (Lipinski definition) is 1. The Labute approximate surface area is 210 Å². The highest BCUT2D eigenvalue weighted by atomic mass is 35.5. The maximum atomic E-state index is 12.8. The van der Waals surface area contributed by atoms with Gasteiger partial charge in [0.1, 0.15) is 17.3 Å². The lowest BCUT2D eigenvalue weighted by atomic mass is 10.2. The molecule has 2 heterocycles. The molecule has 0 atom stereocenters. The molecule has 0 saturated carbocycles. The van der Waals surface area contributed by atoms with Crippen molar-refractivity contribution in [1.29, 1.82) is 0 Å². The number of nitrogens with zero attached hydrogens (tertiary/aromatic N) is 3. The first-order valence-electron chi connectivity index (χ1n) is 10.4. The lowest BCUT2D eigenvalue weighted by Crippen LogP contribution is -2.11. The van der Waals surface area contributed by atoms with Crippen LogP contribution in [0.15, 0.2) is 52.9 Å². The Bertz CT molecular complexity index is 1440. The van der Waals surface area contributed by atoms with Gasteiger partial charge in [0, 0.05) is 17.2 Å². The smallest absolute Gasteiger partial charge is 0.291 e. The molecule has 1 amide bonds. The van der Waals surface area contributed by atoms with Crippen LogP contribution in [0.5, 0.6) is 11.5 Å². The molecule has 0 bridgehead atoms. The summed E-state index contributed by atoms with van der Waals surface area (Å²) >= 11 is 12.2. The minimum atomic E-state index is -0.573. The van der Waals surface area contributed by atoms with Crippen LogP contribution in [-0.4, -0.2) is 20.6 Å². The Balaban J connectivity index is 1.53. The largest absolute Gasteiger partial charge is 0.457 e. The van der Waals surface area contributed by atoms with Crippen LogP contribution in [0.4, 0.5) is 11.4 Å². The second kappa shape index (κ2) is 9.81. The molecule has 1 N–H and O–H groups in total. The fourth-order valence-corrected chi connectivity index (χ4v) is 3.64. The molecule has 0 radical (unpaired) electrons. The zero-order chi connectivity index (χ0) is 25.3. The van der Waals surface area contributed by atoms with E-state index in [9.17, 15) is 14.9 Å². The summed E-state index contributed by atoms with van der Waals surface area (Å²) in [5, 5.41) is 19.5. The first-order chi connectivity index (χ1) is 16.6. The monoisotopic (exact) mass is 514 g/mol. The highest BCUT2D eigenvalue weighted by Crippen LogP contribution is 2.31. The first-order valence-corrected chi connectivity index (χ1v) is 11.2. The highest BCUT2D eigenvalue weighted by Gasteiger charge is 2.17. The van der Waals surface area contributed by atoms with E-state index in [0.717, 1.165) is 11.3 Å². The Morgan fingerprint density at radius 2 is 1.89 bits per heavy atom. The Hall–Kier alpha value is -3.82. The third-order valence-electron chi connectivity index (χ3n) is 5.21. The maximum absolute atomic E-state index is 12.8. The van der Waals surface area contributed by atoms with Gasteiger partial charge in [0.15, 0.2) is 5.76 Å². The standard InChI is InChI=1S/C24H20Cl2N4O5/c1-13-8-18(4-6-21(13)25)34-20-10-16(9-17(11-20)30(32)33)27-24(31)22-7-5-19(35-22)12-29-15(3)23(26)14(2)28-29/h4-11H,12H2,1-3H3,(H,27,31). The molecule has 2 aromatic heterocycles. The van der Waals surface area contributed by atoms with Crippen LogP contribution in [0.1, 0.15) is 33.3 Å². The van der Waals surface area contributed by atoms with E-state index in [0.29, 0.717) is 33.8 Å². The molecular formula is C24H20Cl2N4O5. The average molecular weight is 515 g/mol. The van der Waals surface area contributed by atoms with Gasteiger partial charge in [-0.1, -0.05) is 23.2 Å². The summed E-state index contributed by atoms with van der Waals surface area (Å²) in [7, 11) is 0. The van der Waals surface area contributed by atoms with Crippen molar-refractivity contribution in [2.24, 2.45) is 0 Å². The van der Waals surface area contributed by atoms with Crippen molar-refractivity contribution in [3.05, 3.63) is 97.2 Å². The molecular weight excluding hydrogens is 495 g/mol. The summed E-state index contributed by atoms with van der Waals surface area (Å²) in [5.41, 5.74) is 2.20. The number of benzene rings is 2. The molecule has 11 heteroatoms. The van der Waals surface area contributed by atoms with E-state index in [2.05, 4.69) is 10.4 Å². The summed E-state index contributed by atoms with van der Waals surface area (Å²) in [6.45, 7) is 5.75. The lowest BCUT2D eigenvalue weighted by molar-refractivity contribution is -0.384. The van der Waals surface area contributed by atoms with E-state index >= 15 is 0 Å². The number of aryl methyl sites for hydroxylation is 2. The number of furan rings is 1. The zero-order valence-electron chi connectivity index (χ0n) is 19.0. The van der Waals surface area contributed by atoms with Gasteiger partial charge in [-0.25, -0.2) is 0 Å². The first kappa shape index (κ1) is 24.3. The number of halogens is 2. The van der Waals surface area contributed by atoms with E-state index in [4.69, 9.17) is 32.4 Å². The lowest BCUT2D eigenvalue weighted by Gasteiger charge is -2.10. The van der Waals surface area contributed by atoms with Gasteiger partial charge in [0.2, 0.25) is 0 Å². The minimum Gasteiger partial charge on any atom is -0.457 e. The second-order valence-corrected chi connectivity index (χ2v) is 8.63. The predicted molar refractivity (Wildman–Crippen MR) is 132 cm³/mol. The Morgan fingerprint density at radius 1 is 1.11 bits per heavy atom. The molecule has 0 unspecified atom stereocenters. The summed E-state index contributed by atoms with van der Waals surface area (Å²) in [6.07, 6.45) is 0. The topological polar surface area (TPSA) is 112 Å². The number of non-ortho nitro benzene ring substituents is 1. The number of nitro benzene ring substituents is 1. The van der Waals surface area contributed by atoms with Crippen LogP contribution in [0.2, 0.25) is 10.0 Å². The van der Waals surface area contributed by atoms with Crippen LogP contribution in [0.25, 0.3) is 0 Å². The van der Waals surface area contributed by atoms with Crippen molar-refractivity contribution < 1.29 is 18.9 Å². The molecule has 35 heavy (non-hydrogen) atoms. The van der Waals surface area contributed by atoms with Crippen molar-refractivity contribution in [3.63, 3.8) is 0 Å². The molecule has 0 saturated heterocycles. The normalized spacial score (nSPS) is 10.9. The van der Waals surface area contributed by atoms with Gasteiger partial charge in [-0.2, -0.15) is 5.10 Å². The van der Waals surface area contributed by atoms with E-state index in [1.165, 1.54) is 24.3 Å². The number of ether oxygens (including phenoxy) is 1. The van der Waals surface area contributed by atoms with Gasteiger partial charge in [-0.05, 0) is 56.7 Å². The molecule has 2 aromatic carbocycles. The van der Waals surface area contributed by atoms with Crippen molar-refractivity contribution in [2.75, 3.05) is 5.32 Å². The molecule has 0 spiro atoms. The van der Waals surface area contributed by atoms with Crippen LogP contribution >= 0.6 is 23.2 Å². The van der Waals surface area contributed by atoms with Gasteiger partial charge in [0.05, 0.1) is 39.6 Å². The molecule has 9 nitrogen and oxygen atoms in total. The zero-order valence-corrected chi connectivity index (χ0v) is 20.5. The molecule has 0 aliphatic carbocycles. The van der Waals surface area contributed by atoms with Crippen LogP contribution in [-0.2, 0) is 6.54 Å². The second-order valence-electron chi connectivity index (χ2n) is 7.85. The van der Waals surface area contributed by atoms with Gasteiger partial charge < -0.3 is 14.5 Å². The van der Waals surface area contributed by atoms with Crippen molar-refractivity contribution >= 4 is 40.5 Å². The number of nitrogens with one attached hydrogen (secondary N) is 1. The van der Waals surface area contributed by atoms with Crippen molar-refractivity contribution in [2.45, 2.75) is 27.3 Å². The number of anilines is 1. The van der Waals surface area contributed by atoms with Gasteiger partial charge in [0.25, 0.3) is 11.6 Å². The third kappa shape index (κ3) is 5.47. The van der Waals surface area contributed by atoms with E-state index < -0.39 is 10.8 Å². The van der Waals surface area contributed by atoms with Crippen LogP contribution in [0, 0.1) is 30.9 Å². The molecule has 4 rings (SSSR count). The molecule has 4 aromatic rings. The van der Waals surface area contributed by atoms with Gasteiger partial charge >= 0.3 is 0 Å². The van der Waals surface area contributed by atoms with E-state index in [1.54, 1.807) is 35.9 Å². The quantitative estimate of drug-likeness (QED) is 0.216. The maximum Gasteiger partial charge on any atom is 0.291 e. The fraction of sp³-hybridized carbons (Fsp3) is 0.167. The van der Waals surface area contributed by atoms with Crippen LogP contribution in [0.3, 0.4) is 0 Å². The Kier molecular flexibility index (Phi) is 6.81. The SMILES string of the molecule is Cc1cc(Oc2cc(NC(=O)c3ccc(Cn4nc(C)c(Cl)c4C)o3)cc([N+](=O)[O-])c2)ccc1Cl. The molecule has 0 aliphatic rings. The average Bonchev–Trinajstić information content (AvgIpc) is 3.37. The molecule has 0 fully saturated rings. The molecule has 180 valence electrons. The predicted octanol–water partition coefficient (Wildman–Crippen LogP) is 6.71. The minimum absolute atomic E-state index is 0.0370. The number of amides is 1. The van der Waals surface area contributed by atoms with Crippen molar-refractivity contribution in [3.8, 4) is 11.5 Å². The van der Waals surface area contributed by atoms with E-state index in [-0.39, 0.29) is 22.9 Å². The number of hydrogen-bond acceptors (Lipinski definition) is 6. The third-order valence-corrected chi connectivity index (χ3v) is 6.18. The summed E-state index contributed by atoms with van der Waals surface area (Å²) in [6, 6.07) is 12.2. The number of nitro groups is 1. The van der Waals surface area contributed by atoms with Gasteiger partial charge in [-0.3, -0.25) is 19.6 Å². The molecule has 0 aliphatic heterocycles. The number of rotatable bonds is 7. The van der Waals surface area contributed by atoms with Gasteiger partial charge in [-0.15, -0.1) is 0 Å². The van der Waals surface area contributed by atoms with Crippen molar-refractivity contribution in [1.82, 2.24) is 9.78 Å².